The van der Waals surface area contributed by atoms with Gasteiger partial charge in [-0.3, -0.25) is 9.59 Å². The van der Waals surface area contributed by atoms with Crippen LogP contribution in [0.25, 0.3) is 0 Å². The van der Waals surface area contributed by atoms with Gasteiger partial charge in [-0.2, -0.15) is 0 Å². The molecular weight excluding hydrogens is 357 g/mol. The minimum absolute atomic E-state index is 0.126. The highest BCUT2D eigenvalue weighted by atomic mass is 127. The van der Waals surface area contributed by atoms with E-state index in [0.29, 0.717) is 5.92 Å². The van der Waals surface area contributed by atoms with Crippen LogP contribution in [0, 0.1) is 34.5 Å². The van der Waals surface area contributed by atoms with Crippen molar-refractivity contribution in [1.82, 2.24) is 5.32 Å². The molecule has 19 heavy (non-hydrogen) atoms. The number of nitrogens with one attached hydrogen (secondary N) is 1. The van der Waals surface area contributed by atoms with Crippen molar-refractivity contribution < 1.29 is 14.3 Å². The Labute approximate surface area is 129 Å². The van der Waals surface area contributed by atoms with Crippen LogP contribution in [0.3, 0.4) is 0 Å². The maximum absolute atomic E-state index is 11.9. The molecule has 5 radical (unpaired) electrons. The highest BCUT2D eigenvalue weighted by Gasteiger charge is 2.36. The van der Waals surface area contributed by atoms with Crippen LogP contribution in [0.2, 0.25) is 0 Å². The van der Waals surface area contributed by atoms with E-state index >= 15 is 0 Å². The van der Waals surface area contributed by atoms with Gasteiger partial charge in [-0.05, 0) is 24.7 Å². The first kappa shape index (κ1) is 16.7. The summed E-state index contributed by atoms with van der Waals surface area (Å²) in [6, 6.07) is -0.207. The molecule has 1 atom stereocenters. The molecule has 0 saturated heterocycles. The monoisotopic (exact) mass is 376 g/mol. The van der Waals surface area contributed by atoms with Crippen molar-refractivity contribution in [3.63, 3.8) is 0 Å². The fourth-order valence-corrected chi connectivity index (χ4v) is 2.16. The van der Waals surface area contributed by atoms with Gasteiger partial charge >= 0.3 is 5.97 Å². The van der Waals surface area contributed by atoms with Crippen molar-refractivity contribution in [2.24, 2.45) is 5.41 Å². The molecule has 1 N–H and O–H groups in total. The zero-order valence-corrected chi connectivity index (χ0v) is 13.8. The van der Waals surface area contributed by atoms with Gasteiger partial charge in [-0.1, -0.05) is 43.4 Å². The lowest BCUT2D eigenvalue weighted by molar-refractivity contribution is -0.143. The van der Waals surface area contributed by atoms with E-state index in [-0.39, 0.29) is 29.9 Å². The van der Waals surface area contributed by atoms with Crippen LogP contribution < -0.4 is 5.32 Å². The average Bonchev–Trinajstić information content (AvgIpc) is 2.68. The Balaban J connectivity index is 2.51. The molecule has 0 aromatic heterocycles. The van der Waals surface area contributed by atoms with Crippen molar-refractivity contribution in [3.05, 3.63) is 29.1 Å². The molecule has 0 aromatic carbocycles. The molecule has 0 aliphatic heterocycles. The molecule has 1 rings (SSSR count). The summed E-state index contributed by atoms with van der Waals surface area (Å²) < 4.78 is 6.17. The van der Waals surface area contributed by atoms with E-state index in [1.807, 2.05) is 33.6 Å². The number of amides is 1. The third-order valence-electron chi connectivity index (χ3n) is 2.79. The van der Waals surface area contributed by atoms with Gasteiger partial charge in [0.1, 0.15) is 12.5 Å². The lowest BCUT2D eigenvalue weighted by atomic mass is 9.87. The molecule has 1 amide bonds. The number of rotatable bonds is 4. The summed E-state index contributed by atoms with van der Waals surface area (Å²) in [5.41, 5.74) is -0.175. The van der Waals surface area contributed by atoms with Crippen molar-refractivity contribution in [2.45, 2.75) is 33.7 Å². The Kier molecular flexibility index (Phi) is 6.08. The van der Waals surface area contributed by atoms with Gasteiger partial charge in [-0.15, -0.1) is 0 Å². The molecule has 1 aliphatic rings. The molecule has 0 unspecified atom stereocenters. The van der Waals surface area contributed by atoms with Crippen LogP contribution in [0.5, 0.6) is 0 Å². The van der Waals surface area contributed by atoms with Crippen LogP contribution in [0.1, 0.15) is 27.7 Å². The number of hydrogen-bond donors (Lipinski definition) is 1. The first-order valence-electron chi connectivity index (χ1n) is 6.07. The summed E-state index contributed by atoms with van der Waals surface area (Å²) >= 11 is 2.09. The van der Waals surface area contributed by atoms with Crippen molar-refractivity contribution in [3.8, 4) is 0 Å². The smallest absolute Gasteiger partial charge is 0.315 e. The minimum Gasteiger partial charge on any atom is -0.463 e. The van der Waals surface area contributed by atoms with E-state index in [2.05, 4.69) is 27.9 Å². The average molecular weight is 376 g/mol. The van der Waals surface area contributed by atoms with E-state index in [9.17, 15) is 9.59 Å². The van der Waals surface area contributed by atoms with E-state index in [0.717, 1.165) is 3.92 Å². The first-order valence-corrected chi connectivity index (χ1v) is 7.15. The molecule has 0 heterocycles. The second-order valence-electron chi connectivity index (χ2n) is 5.50. The van der Waals surface area contributed by atoms with Gasteiger partial charge in [0.25, 0.3) is 0 Å². The summed E-state index contributed by atoms with van der Waals surface area (Å²) in [6.07, 6.45) is 5.40. The highest BCUT2D eigenvalue weighted by molar-refractivity contribution is 14.1. The third-order valence-corrected chi connectivity index (χ3v) is 3.73. The number of ether oxygens (including phenoxy) is 1. The quantitative estimate of drug-likeness (QED) is 0.605. The standard InChI is InChI=1S/C14H19INO3/c1-9(17)16-12(14(2,3)4)8-19-13(18)10-6-5-7-11(10)15/h5-7,12H,8H2,1-4H3,(H,16,17)/t12-/m1/s1. The van der Waals surface area contributed by atoms with Gasteiger partial charge in [-0.25, -0.2) is 0 Å². The molecule has 1 saturated carbocycles. The summed E-state index contributed by atoms with van der Waals surface area (Å²) in [4.78, 5) is 23.1. The zero-order valence-electron chi connectivity index (χ0n) is 11.6. The maximum Gasteiger partial charge on any atom is 0.315 e. The topological polar surface area (TPSA) is 55.4 Å². The Bertz CT molecular complexity index is 338. The Hall–Kier alpha value is -0.330. The third kappa shape index (κ3) is 5.28. The number of esters is 1. The minimum atomic E-state index is -0.353. The molecular formula is C14H19INO3. The fraction of sp³-hybridized carbons (Fsp3) is 0.500. The normalized spacial score (nSPS) is 19.2. The Morgan fingerprint density at radius 1 is 1.37 bits per heavy atom. The predicted octanol–water partition coefficient (Wildman–Crippen LogP) is 2.25. The predicted molar refractivity (Wildman–Crippen MR) is 81.4 cm³/mol. The van der Waals surface area contributed by atoms with Crippen LogP contribution in [0.15, 0.2) is 0 Å². The molecule has 1 fully saturated rings. The SMILES string of the molecule is CC(=O)N[C@H](COC(=O)[C]1[CH][CH][CH][C]1I)C(C)(C)C. The molecule has 5 heteroatoms. The summed E-state index contributed by atoms with van der Waals surface area (Å²) in [7, 11) is 0. The second-order valence-corrected chi connectivity index (χ2v) is 6.67. The molecule has 0 aromatic rings. The molecule has 0 spiro atoms. The van der Waals surface area contributed by atoms with E-state index in [4.69, 9.17) is 4.74 Å². The molecule has 0 bridgehead atoms. The number of carbonyl (C=O) groups excluding carboxylic acids is 2. The Morgan fingerprint density at radius 3 is 2.42 bits per heavy atom. The number of halogens is 1. The fourth-order valence-electron chi connectivity index (χ4n) is 1.55. The summed E-state index contributed by atoms with van der Waals surface area (Å²) in [5, 5.41) is 2.82. The van der Waals surface area contributed by atoms with E-state index < -0.39 is 0 Å². The van der Waals surface area contributed by atoms with Crippen LogP contribution in [-0.4, -0.2) is 24.5 Å². The van der Waals surface area contributed by atoms with E-state index in [1.165, 1.54) is 6.92 Å². The van der Waals surface area contributed by atoms with Crippen LogP contribution >= 0.6 is 22.6 Å². The van der Waals surface area contributed by atoms with Crippen molar-refractivity contribution >= 4 is 34.5 Å². The highest BCUT2D eigenvalue weighted by Crippen LogP contribution is 2.39. The van der Waals surface area contributed by atoms with Crippen molar-refractivity contribution in [1.29, 1.82) is 0 Å². The molecule has 105 valence electrons. The molecule has 1 aliphatic carbocycles. The van der Waals surface area contributed by atoms with Gasteiger partial charge in [0.15, 0.2) is 0 Å². The summed E-state index contributed by atoms with van der Waals surface area (Å²) in [5.74, 6) is 0.0870. The lowest BCUT2D eigenvalue weighted by Gasteiger charge is -2.31. The molecule has 4 nitrogen and oxygen atoms in total. The van der Waals surface area contributed by atoms with E-state index in [1.54, 1.807) is 6.42 Å². The Morgan fingerprint density at radius 2 is 2.00 bits per heavy atom. The lowest BCUT2D eigenvalue weighted by Crippen LogP contribution is -2.46. The van der Waals surface area contributed by atoms with Gasteiger partial charge in [0.05, 0.1) is 9.97 Å². The maximum atomic E-state index is 11.9. The van der Waals surface area contributed by atoms with Crippen LogP contribution in [-0.2, 0) is 14.3 Å². The van der Waals surface area contributed by atoms with Crippen LogP contribution in [0.4, 0.5) is 0 Å². The van der Waals surface area contributed by atoms with Gasteiger partial charge in [0.2, 0.25) is 5.91 Å². The number of carbonyl (C=O) groups is 2. The second kappa shape index (κ2) is 6.90. The number of hydrogen-bond acceptors (Lipinski definition) is 3. The summed E-state index contributed by atoms with van der Waals surface area (Å²) in [6.45, 7) is 7.61. The zero-order chi connectivity index (χ0) is 14.6. The van der Waals surface area contributed by atoms with Crippen molar-refractivity contribution in [2.75, 3.05) is 6.61 Å². The largest absolute Gasteiger partial charge is 0.463 e. The van der Waals surface area contributed by atoms with Gasteiger partial charge < -0.3 is 10.1 Å². The van der Waals surface area contributed by atoms with Gasteiger partial charge in [0, 0.05) is 6.92 Å². The first-order chi connectivity index (χ1) is 8.71.